The van der Waals surface area contributed by atoms with Crippen molar-refractivity contribution in [1.29, 1.82) is 5.26 Å². The molecule has 5 nitrogen and oxygen atoms in total. The zero-order valence-electron chi connectivity index (χ0n) is 14.9. The third kappa shape index (κ3) is 3.90. The summed E-state index contributed by atoms with van der Waals surface area (Å²) in [7, 11) is 0. The number of rotatable bonds is 6. The van der Waals surface area contributed by atoms with Crippen LogP contribution in [-0.2, 0) is 4.79 Å². The summed E-state index contributed by atoms with van der Waals surface area (Å²) in [5.41, 5.74) is 3.75. The zero-order valence-corrected chi connectivity index (χ0v) is 14.9. The highest BCUT2D eigenvalue weighted by molar-refractivity contribution is 5.86. The first kappa shape index (κ1) is 17.2. The highest BCUT2D eigenvalue weighted by Gasteiger charge is 2.24. The Morgan fingerprint density at radius 2 is 2.08 bits per heavy atom. The minimum Gasteiger partial charge on any atom is -0.369 e. The van der Waals surface area contributed by atoms with E-state index in [0.717, 1.165) is 35.7 Å². The minimum absolute atomic E-state index is 0.179. The number of nitrogens with zero attached hydrogens (tertiary/aromatic N) is 2. The van der Waals surface area contributed by atoms with Crippen molar-refractivity contribution in [2.75, 3.05) is 18.4 Å². The Bertz CT molecular complexity index is 834. The van der Waals surface area contributed by atoms with E-state index in [1.54, 1.807) is 0 Å². The van der Waals surface area contributed by atoms with E-state index in [9.17, 15) is 10.1 Å². The maximum Gasteiger partial charge on any atom is 0.223 e. The number of pyridine rings is 1. The van der Waals surface area contributed by atoms with Crippen molar-refractivity contribution in [3.8, 4) is 6.07 Å². The average molecular weight is 336 g/mol. The van der Waals surface area contributed by atoms with Crippen molar-refractivity contribution < 1.29 is 4.79 Å². The van der Waals surface area contributed by atoms with Crippen molar-refractivity contribution in [1.82, 2.24) is 10.3 Å². The quantitative estimate of drug-likeness (QED) is 0.792. The van der Waals surface area contributed by atoms with E-state index in [1.807, 2.05) is 19.9 Å². The summed E-state index contributed by atoms with van der Waals surface area (Å²) in [5, 5.41) is 16.6. The molecule has 1 aliphatic carbocycles. The number of nitriles is 1. The molecular weight excluding hydrogens is 312 g/mol. The number of hydrogen-bond donors (Lipinski definition) is 2. The number of aryl methyl sites for hydroxylation is 2. The number of carbonyl (C=O) groups is 1. The summed E-state index contributed by atoms with van der Waals surface area (Å²) in [5.74, 6) is 1.03. The van der Waals surface area contributed by atoms with Crippen LogP contribution in [0, 0.1) is 31.1 Å². The van der Waals surface area contributed by atoms with Gasteiger partial charge in [-0.15, -0.1) is 0 Å². The number of aromatic nitrogens is 1. The van der Waals surface area contributed by atoms with Crippen LogP contribution in [-0.4, -0.2) is 24.0 Å². The fraction of sp³-hybridized carbons (Fsp3) is 0.450. The lowest BCUT2D eigenvalue weighted by atomic mass is 9.85. The lowest BCUT2D eigenvalue weighted by molar-refractivity contribution is -0.127. The summed E-state index contributed by atoms with van der Waals surface area (Å²) in [6.45, 7) is 5.40. The molecule has 2 N–H and O–H groups in total. The van der Waals surface area contributed by atoms with Gasteiger partial charge in [0.25, 0.3) is 0 Å². The molecular formula is C20H24N4O. The summed E-state index contributed by atoms with van der Waals surface area (Å²) in [4.78, 5) is 16.4. The van der Waals surface area contributed by atoms with Gasteiger partial charge in [-0.3, -0.25) is 4.79 Å². The summed E-state index contributed by atoms with van der Waals surface area (Å²) < 4.78 is 0. The fourth-order valence-corrected chi connectivity index (χ4v) is 3.19. The second-order valence-corrected chi connectivity index (χ2v) is 6.85. The molecule has 0 bridgehead atoms. The number of fused-ring (bicyclic) bond motifs is 1. The van der Waals surface area contributed by atoms with Crippen LogP contribution in [0.15, 0.2) is 18.2 Å². The lowest BCUT2D eigenvalue weighted by Gasteiger charge is -2.24. The van der Waals surface area contributed by atoms with Crippen molar-refractivity contribution in [2.45, 2.75) is 39.5 Å². The molecule has 1 amide bonds. The molecule has 0 saturated heterocycles. The molecule has 1 aliphatic rings. The lowest BCUT2D eigenvalue weighted by Crippen LogP contribution is -2.35. The Balaban J connectivity index is 1.60. The number of carbonyl (C=O) groups excluding carboxylic acids is 1. The molecule has 0 unspecified atom stereocenters. The molecule has 1 heterocycles. The van der Waals surface area contributed by atoms with Crippen molar-refractivity contribution in [2.24, 2.45) is 5.92 Å². The Morgan fingerprint density at radius 1 is 1.28 bits per heavy atom. The smallest absolute Gasteiger partial charge is 0.223 e. The molecule has 0 spiro atoms. The third-order valence-corrected chi connectivity index (χ3v) is 4.79. The Hall–Kier alpha value is -2.61. The maximum absolute atomic E-state index is 11.8. The molecule has 0 aliphatic heterocycles. The maximum atomic E-state index is 11.8. The molecule has 1 aromatic carbocycles. The van der Waals surface area contributed by atoms with Crippen LogP contribution < -0.4 is 10.6 Å². The first-order valence-corrected chi connectivity index (χ1v) is 8.92. The molecule has 0 atom stereocenters. The third-order valence-electron chi connectivity index (χ3n) is 4.79. The highest BCUT2D eigenvalue weighted by atomic mass is 16.1. The standard InChI is InChI=1S/C20H24N4O/c1-13-9-14(2)18-16(10-13)11-17(12-21)19(24-18)22-7-4-8-23-20(25)15-5-3-6-15/h9-11,15H,3-8H2,1-2H3,(H,22,24)(H,23,25). The zero-order chi connectivity index (χ0) is 17.8. The van der Waals surface area contributed by atoms with Gasteiger partial charge in [0.05, 0.1) is 11.1 Å². The molecule has 5 heteroatoms. The van der Waals surface area contributed by atoms with Gasteiger partial charge < -0.3 is 10.6 Å². The summed E-state index contributed by atoms with van der Waals surface area (Å²) in [6.07, 6.45) is 4.02. The topological polar surface area (TPSA) is 77.8 Å². The SMILES string of the molecule is Cc1cc(C)c2nc(NCCCNC(=O)C3CCC3)c(C#N)cc2c1. The molecule has 0 radical (unpaired) electrons. The van der Waals surface area contributed by atoms with E-state index in [-0.39, 0.29) is 11.8 Å². The predicted octanol–water partition coefficient (Wildman–Crippen LogP) is 3.44. The van der Waals surface area contributed by atoms with E-state index >= 15 is 0 Å². The molecule has 2 aromatic rings. The van der Waals surface area contributed by atoms with Gasteiger partial charge in [-0.2, -0.15) is 5.26 Å². The van der Waals surface area contributed by atoms with E-state index < -0.39 is 0 Å². The van der Waals surface area contributed by atoms with Crippen LogP contribution in [0.25, 0.3) is 10.9 Å². The number of amides is 1. The van der Waals surface area contributed by atoms with E-state index in [4.69, 9.17) is 0 Å². The number of benzene rings is 1. The Morgan fingerprint density at radius 3 is 2.76 bits per heavy atom. The Labute approximate surface area is 148 Å². The largest absolute Gasteiger partial charge is 0.369 e. The van der Waals surface area contributed by atoms with E-state index in [1.165, 1.54) is 12.0 Å². The molecule has 25 heavy (non-hydrogen) atoms. The average Bonchev–Trinajstić information content (AvgIpc) is 2.52. The van der Waals surface area contributed by atoms with Crippen LogP contribution in [0.4, 0.5) is 5.82 Å². The van der Waals surface area contributed by atoms with Gasteiger partial charge in [-0.1, -0.05) is 18.1 Å². The van der Waals surface area contributed by atoms with E-state index in [2.05, 4.69) is 33.8 Å². The van der Waals surface area contributed by atoms with Crippen LogP contribution in [0.5, 0.6) is 0 Å². The van der Waals surface area contributed by atoms with Crippen molar-refractivity contribution in [3.63, 3.8) is 0 Å². The summed E-state index contributed by atoms with van der Waals surface area (Å²) >= 11 is 0. The van der Waals surface area contributed by atoms with Gasteiger partial charge in [-0.25, -0.2) is 4.98 Å². The fourth-order valence-electron chi connectivity index (χ4n) is 3.19. The number of anilines is 1. The van der Waals surface area contributed by atoms with Gasteiger partial charge in [0, 0.05) is 24.4 Å². The minimum atomic E-state index is 0.179. The first-order chi connectivity index (χ1) is 12.1. The first-order valence-electron chi connectivity index (χ1n) is 8.92. The monoisotopic (exact) mass is 336 g/mol. The molecule has 130 valence electrons. The normalized spacial score (nSPS) is 14.0. The van der Waals surface area contributed by atoms with E-state index in [0.29, 0.717) is 24.5 Å². The van der Waals surface area contributed by atoms with Crippen LogP contribution >= 0.6 is 0 Å². The second-order valence-electron chi connectivity index (χ2n) is 6.85. The van der Waals surface area contributed by atoms with Crippen molar-refractivity contribution >= 4 is 22.6 Å². The molecule has 1 aromatic heterocycles. The van der Waals surface area contributed by atoms with Gasteiger partial charge >= 0.3 is 0 Å². The summed E-state index contributed by atoms with van der Waals surface area (Å²) in [6, 6.07) is 8.26. The van der Waals surface area contributed by atoms with Gasteiger partial charge in [-0.05, 0) is 50.8 Å². The van der Waals surface area contributed by atoms with Gasteiger partial charge in [0.1, 0.15) is 11.9 Å². The number of nitrogens with one attached hydrogen (secondary N) is 2. The highest BCUT2D eigenvalue weighted by Crippen LogP contribution is 2.26. The molecule has 1 fully saturated rings. The molecule has 3 rings (SSSR count). The van der Waals surface area contributed by atoms with Gasteiger partial charge in [0.2, 0.25) is 5.91 Å². The van der Waals surface area contributed by atoms with Crippen LogP contribution in [0.1, 0.15) is 42.4 Å². The molecule has 1 saturated carbocycles. The van der Waals surface area contributed by atoms with Gasteiger partial charge in [0.15, 0.2) is 0 Å². The van der Waals surface area contributed by atoms with Crippen LogP contribution in [0.3, 0.4) is 0 Å². The number of hydrogen-bond acceptors (Lipinski definition) is 4. The Kier molecular flexibility index (Phi) is 5.18. The van der Waals surface area contributed by atoms with Crippen molar-refractivity contribution in [3.05, 3.63) is 34.9 Å². The predicted molar refractivity (Wildman–Crippen MR) is 99.4 cm³/mol. The second kappa shape index (κ2) is 7.52. The van der Waals surface area contributed by atoms with Crippen LogP contribution in [0.2, 0.25) is 0 Å².